The molecule has 12 heteroatoms. The van der Waals surface area contributed by atoms with Crippen molar-refractivity contribution in [3.8, 4) is 0 Å². The zero-order chi connectivity index (χ0) is 29.8. The standard InChI is InChI=1S/C28H33ClFN5O5/c1-16(2)34(14-23(37)31-13-18-8-7-9-21(29)25(18)30)24(38)15-35-22-11-10-19(32-27(39)40-28(4,5)6)12-20(22)26(33-35)17(3)36/h7-12,16H,13-15H2,1-6H3,(H,31,37)(H,32,39). The van der Waals surface area contributed by atoms with E-state index in [1.165, 1.54) is 28.6 Å². The summed E-state index contributed by atoms with van der Waals surface area (Å²) in [5.74, 6) is -1.82. The van der Waals surface area contributed by atoms with E-state index in [4.69, 9.17) is 16.3 Å². The fraction of sp³-hybridized carbons (Fsp3) is 0.393. The molecule has 0 bridgehead atoms. The highest BCUT2D eigenvalue weighted by Gasteiger charge is 2.24. The van der Waals surface area contributed by atoms with Crippen LogP contribution in [0.2, 0.25) is 5.02 Å². The number of ketones is 1. The number of halogens is 2. The second-order valence-electron chi connectivity index (χ2n) is 10.5. The van der Waals surface area contributed by atoms with E-state index >= 15 is 0 Å². The number of amides is 3. The van der Waals surface area contributed by atoms with Gasteiger partial charge in [-0.05, 0) is 58.9 Å². The number of hydrogen-bond donors (Lipinski definition) is 2. The number of nitrogens with zero attached hydrogens (tertiary/aromatic N) is 3. The number of fused-ring (bicyclic) bond motifs is 1. The molecule has 0 aliphatic heterocycles. The summed E-state index contributed by atoms with van der Waals surface area (Å²) in [6.07, 6.45) is -0.650. The highest BCUT2D eigenvalue weighted by Crippen LogP contribution is 2.24. The van der Waals surface area contributed by atoms with Crippen molar-refractivity contribution in [3.63, 3.8) is 0 Å². The molecule has 0 radical (unpaired) electrons. The summed E-state index contributed by atoms with van der Waals surface area (Å²) in [4.78, 5) is 51.8. The lowest BCUT2D eigenvalue weighted by molar-refractivity contribution is -0.138. The summed E-state index contributed by atoms with van der Waals surface area (Å²) in [7, 11) is 0. The predicted octanol–water partition coefficient (Wildman–Crippen LogP) is 4.93. The normalized spacial score (nSPS) is 11.4. The van der Waals surface area contributed by atoms with Crippen molar-refractivity contribution in [1.82, 2.24) is 20.0 Å². The van der Waals surface area contributed by atoms with Gasteiger partial charge >= 0.3 is 6.09 Å². The minimum absolute atomic E-state index is 0.0464. The Morgan fingerprint density at radius 3 is 2.48 bits per heavy atom. The number of benzene rings is 2. The van der Waals surface area contributed by atoms with E-state index in [2.05, 4.69) is 15.7 Å². The van der Waals surface area contributed by atoms with E-state index in [1.54, 1.807) is 58.9 Å². The lowest BCUT2D eigenvalue weighted by Gasteiger charge is -2.26. The molecule has 0 saturated carbocycles. The van der Waals surface area contributed by atoms with Gasteiger partial charge in [0, 0.05) is 36.1 Å². The van der Waals surface area contributed by atoms with E-state index in [9.17, 15) is 23.6 Å². The van der Waals surface area contributed by atoms with Gasteiger partial charge in [-0.2, -0.15) is 5.10 Å². The van der Waals surface area contributed by atoms with Crippen LogP contribution in [-0.2, 0) is 27.4 Å². The molecule has 3 rings (SSSR count). The maximum atomic E-state index is 14.1. The van der Waals surface area contributed by atoms with Crippen molar-refractivity contribution < 1.29 is 28.3 Å². The number of anilines is 1. The molecule has 3 aromatic rings. The van der Waals surface area contributed by atoms with Gasteiger partial charge in [0.1, 0.15) is 23.7 Å². The van der Waals surface area contributed by atoms with Gasteiger partial charge in [0.2, 0.25) is 11.8 Å². The van der Waals surface area contributed by atoms with E-state index in [0.29, 0.717) is 16.6 Å². The van der Waals surface area contributed by atoms with Crippen molar-refractivity contribution in [3.05, 3.63) is 58.5 Å². The number of hydrogen-bond acceptors (Lipinski definition) is 6. The molecule has 1 heterocycles. The number of carbonyl (C=O) groups excluding carboxylic acids is 4. The van der Waals surface area contributed by atoms with Gasteiger partial charge in [-0.25, -0.2) is 9.18 Å². The summed E-state index contributed by atoms with van der Waals surface area (Å²) < 4.78 is 20.8. The van der Waals surface area contributed by atoms with Crippen molar-refractivity contribution in [2.45, 2.75) is 66.3 Å². The lowest BCUT2D eigenvalue weighted by atomic mass is 10.1. The van der Waals surface area contributed by atoms with Crippen molar-refractivity contribution in [1.29, 1.82) is 0 Å². The molecule has 0 aliphatic carbocycles. The molecular formula is C28H33ClFN5O5. The van der Waals surface area contributed by atoms with E-state index in [-0.39, 0.29) is 47.7 Å². The summed E-state index contributed by atoms with van der Waals surface area (Å²) in [6.45, 7) is 9.53. The largest absolute Gasteiger partial charge is 0.444 e. The van der Waals surface area contributed by atoms with Gasteiger partial charge in [0.05, 0.1) is 17.1 Å². The van der Waals surface area contributed by atoms with Crippen LogP contribution in [0.25, 0.3) is 10.9 Å². The summed E-state index contributed by atoms with van der Waals surface area (Å²) >= 11 is 5.80. The first-order valence-corrected chi connectivity index (χ1v) is 13.0. The van der Waals surface area contributed by atoms with E-state index < -0.39 is 29.3 Å². The number of Topliss-reactive ketones (excluding diaryl/α,β-unsaturated/α-hetero) is 1. The molecule has 0 aliphatic rings. The fourth-order valence-corrected chi connectivity index (χ4v) is 4.12. The molecule has 40 heavy (non-hydrogen) atoms. The molecule has 0 saturated heterocycles. The molecule has 0 fully saturated rings. The van der Waals surface area contributed by atoms with Crippen LogP contribution in [0.1, 0.15) is 57.6 Å². The van der Waals surface area contributed by atoms with Gasteiger partial charge in [0.25, 0.3) is 0 Å². The molecule has 0 unspecified atom stereocenters. The maximum Gasteiger partial charge on any atom is 0.412 e. The lowest BCUT2D eigenvalue weighted by Crippen LogP contribution is -2.45. The van der Waals surface area contributed by atoms with Gasteiger partial charge < -0.3 is 15.0 Å². The Bertz CT molecular complexity index is 1450. The minimum atomic E-state index is -0.686. The summed E-state index contributed by atoms with van der Waals surface area (Å²) in [5, 5.41) is 9.99. The molecule has 214 valence electrons. The molecule has 2 N–H and O–H groups in total. The van der Waals surface area contributed by atoms with Crippen molar-refractivity contribution in [2.75, 3.05) is 11.9 Å². The van der Waals surface area contributed by atoms with Crippen molar-refractivity contribution >= 4 is 51.9 Å². The zero-order valence-electron chi connectivity index (χ0n) is 23.3. The van der Waals surface area contributed by atoms with E-state index in [1.807, 2.05) is 0 Å². The average Bonchev–Trinajstić information content (AvgIpc) is 3.19. The zero-order valence-corrected chi connectivity index (χ0v) is 24.1. The van der Waals surface area contributed by atoms with Crippen LogP contribution in [-0.4, -0.2) is 56.6 Å². The molecule has 0 atom stereocenters. The Hall–Kier alpha value is -3.99. The van der Waals surface area contributed by atoms with Crippen LogP contribution in [0.5, 0.6) is 0 Å². The maximum absolute atomic E-state index is 14.1. The number of ether oxygens (including phenoxy) is 1. The Kier molecular flexibility index (Phi) is 9.52. The molecule has 3 amide bonds. The Labute approximate surface area is 236 Å². The molecule has 0 spiro atoms. The Balaban J connectivity index is 1.76. The van der Waals surface area contributed by atoms with Crippen LogP contribution in [0.15, 0.2) is 36.4 Å². The topological polar surface area (TPSA) is 123 Å². The van der Waals surface area contributed by atoms with Gasteiger partial charge in [-0.1, -0.05) is 23.7 Å². The quantitative estimate of drug-likeness (QED) is 0.350. The van der Waals surface area contributed by atoms with Gasteiger partial charge in [-0.3, -0.25) is 24.4 Å². The first kappa shape index (κ1) is 30.6. The second-order valence-corrected chi connectivity index (χ2v) is 10.9. The first-order chi connectivity index (χ1) is 18.7. The Morgan fingerprint density at radius 2 is 1.85 bits per heavy atom. The minimum Gasteiger partial charge on any atom is -0.444 e. The van der Waals surface area contributed by atoms with Crippen LogP contribution in [0.4, 0.5) is 14.9 Å². The SMILES string of the molecule is CC(=O)c1nn(CC(=O)N(CC(=O)NCc2cccc(Cl)c2F)C(C)C)c2ccc(NC(=O)OC(C)(C)C)cc12. The van der Waals surface area contributed by atoms with Crippen LogP contribution in [0, 0.1) is 5.82 Å². The molecular weight excluding hydrogens is 541 g/mol. The van der Waals surface area contributed by atoms with Crippen LogP contribution >= 0.6 is 11.6 Å². The first-order valence-electron chi connectivity index (χ1n) is 12.7. The fourth-order valence-electron chi connectivity index (χ4n) is 3.93. The van der Waals surface area contributed by atoms with Crippen LogP contribution in [0.3, 0.4) is 0 Å². The third-order valence-electron chi connectivity index (χ3n) is 5.78. The van der Waals surface area contributed by atoms with E-state index in [0.717, 1.165) is 0 Å². The van der Waals surface area contributed by atoms with Crippen molar-refractivity contribution in [2.24, 2.45) is 0 Å². The molecule has 2 aromatic carbocycles. The molecule has 10 nitrogen and oxygen atoms in total. The highest BCUT2D eigenvalue weighted by atomic mass is 35.5. The van der Waals surface area contributed by atoms with Crippen LogP contribution < -0.4 is 10.6 Å². The summed E-state index contributed by atoms with van der Waals surface area (Å²) in [5.41, 5.74) is 0.565. The third-order valence-corrected chi connectivity index (χ3v) is 6.07. The predicted molar refractivity (Wildman–Crippen MR) is 150 cm³/mol. The Morgan fingerprint density at radius 1 is 1.15 bits per heavy atom. The number of aromatic nitrogens is 2. The monoisotopic (exact) mass is 573 g/mol. The number of rotatable bonds is 9. The summed E-state index contributed by atoms with van der Waals surface area (Å²) in [6, 6.07) is 9.01. The van der Waals surface area contributed by atoms with Gasteiger partial charge in [-0.15, -0.1) is 0 Å². The molecule has 1 aromatic heterocycles. The second kappa shape index (κ2) is 12.5. The number of nitrogens with one attached hydrogen (secondary N) is 2. The number of carbonyl (C=O) groups is 4. The average molecular weight is 574 g/mol. The third kappa shape index (κ3) is 7.78. The smallest absolute Gasteiger partial charge is 0.412 e. The highest BCUT2D eigenvalue weighted by molar-refractivity contribution is 6.30. The van der Waals surface area contributed by atoms with Gasteiger partial charge in [0.15, 0.2) is 5.78 Å².